The highest BCUT2D eigenvalue weighted by Crippen LogP contribution is 2.56. The second-order valence-electron chi connectivity index (χ2n) is 3.24. The van der Waals surface area contributed by atoms with Crippen molar-refractivity contribution in [3.8, 4) is 0 Å². The molecule has 76 valence electrons. The molecule has 0 amide bonds. The largest absolute Gasteiger partial charge is 0.480 e. The van der Waals surface area contributed by atoms with Gasteiger partial charge in [-0.2, -0.15) is 0 Å². The predicted octanol–water partition coefficient (Wildman–Crippen LogP) is -0.942. The average molecular weight is 213 g/mol. The first-order valence-corrected chi connectivity index (χ1v) is 5.16. The first-order valence-electron chi connectivity index (χ1n) is 3.36. The monoisotopic (exact) mass is 213 g/mol. The highest BCUT2D eigenvalue weighted by Gasteiger charge is 2.74. The Morgan fingerprint density at radius 3 is 2.31 bits per heavy atom. The fourth-order valence-electron chi connectivity index (χ4n) is 1.19. The van der Waals surface area contributed by atoms with Crippen molar-refractivity contribution in [3.63, 3.8) is 0 Å². The van der Waals surface area contributed by atoms with Gasteiger partial charge in [0.25, 0.3) is 0 Å². The van der Waals surface area contributed by atoms with Gasteiger partial charge in [-0.1, -0.05) is 0 Å². The van der Waals surface area contributed by atoms with Crippen LogP contribution in [0.3, 0.4) is 0 Å². The number of carboxylic acids is 1. The van der Waals surface area contributed by atoms with Gasteiger partial charge in [-0.15, -0.1) is 0 Å². The van der Waals surface area contributed by atoms with Gasteiger partial charge >= 0.3 is 13.6 Å². The van der Waals surface area contributed by atoms with Gasteiger partial charge < -0.3 is 20.6 Å². The van der Waals surface area contributed by atoms with Gasteiger partial charge in [0.1, 0.15) is 0 Å². The van der Waals surface area contributed by atoms with Crippen molar-refractivity contribution >= 4 is 13.6 Å². The van der Waals surface area contributed by atoms with Crippen LogP contribution >= 0.6 is 7.60 Å². The lowest BCUT2D eigenvalue weighted by molar-refractivity contribution is -0.140. The normalized spacial score (nSPS) is 38.8. The topological polar surface area (TPSA) is 121 Å². The molecule has 5 N–H and O–H groups in total. The van der Waals surface area contributed by atoms with Crippen LogP contribution in [0.15, 0.2) is 0 Å². The van der Waals surface area contributed by atoms with Gasteiger partial charge in [0.15, 0.2) is 11.2 Å². The van der Waals surface area contributed by atoms with Crippen LogP contribution in [0.5, 0.6) is 0 Å². The molecule has 1 rings (SSSR count). The van der Waals surface area contributed by atoms with Crippen LogP contribution in [0.2, 0.25) is 0 Å². The zero-order valence-electron chi connectivity index (χ0n) is 6.47. The SMILES string of the molecule is N[C@@]1(C(=O)O)C[C@]1(F)CP(=O)(O)O. The lowest BCUT2D eigenvalue weighted by Crippen LogP contribution is -2.42. The van der Waals surface area contributed by atoms with Crippen molar-refractivity contribution in [2.45, 2.75) is 17.6 Å². The molecule has 0 aliphatic heterocycles. The van der Waals surface area contributed by atoms with E-state index < -0.39 is 37.4 Å². The summed E-state index contributed by atoms with van der Waals surface area (Å²) in [6.45, 7) is 0. The van der Waals surface area contributed by atoms with Crippen molar-refractivity contribution in [2.24, 2.45) is 5.73 Å². The zero-order valence-corrected chi connectivity index (χ0v) is 7.37. The number of carbonyl (C=O) groups is 1. The van der Waals surface area contributed by atoms with Gasteiger partial charge in [0.05, 0.1) is 6.16 Å². The van der Waals surface area contributed by atoms with Gasteiger partial charge in [0.2, 0.25) is 0 Å². The van der Waals surface area contributed by atoms with Gasteiger partial charge in [0, 0.05) is 6.42 Å². The smallest absolute Gasteiger partial charge is 0.328 e. The minimum absolute atomic E-state index is 0.555. The molecule has 1 aliphatic carbocycles. The number of rotatable bonds is 3. The average Bonchev–Trinajstić information content (AvgIpc) is 2.30. The molecule has 2 atom stereocenters. The second kappa shape index (κ2) is 2.51. The van der Waals surface area contributed by atoms with E-state index >= 15 is 0 Å². The highest BCUT2D eigenvalue weighted by molar-refractivity contribution is 7.51. The van der Waals surface area contributed by atoms with E-state index in [4.69, 9.17) is 20.6 Å². The summed E-state index contributed by atoms with van der Waals surface area (Å²) in [5.74, 6) is -1.58. The molecule has 0 aromatic heterocycles. The minimum Gasteiger partial charge on any atom is -0.480 e. The quantitative estimate of drug-likeness (QED) is 0.449. The predicted molar refractivity (Wildman–Crippen MR) is 39.9 cm³/mol. The van der Waals surface area contributed by atoms with Crippen molar-refractivity contribution in [1.29, 1.82) is 0 Å². The summed E-state index contributed by atoms with van der Waals surface area (Å²) in [7, 11) is -4.56. The summed E-state index contributed by atoms with van der Waals surface area (Å²) in [4.78, 5) is 27.2. The van der Waals surface area contributed by atoms with Crippen LogP contribution in [-0.4, -0.2) is 38.2 Å². The molecule has 0 bridgehead atoms. The third kappa shape index (κ3) is 1.73. The molecule has 0 saturated heterocycles. The van der Waals surface area contributed by atoms with Gasteiger partial charge in [-0.05, 0) is 0 Å². The Kier molecular flexibility index (Phi) is 2.04. The van der Waals surface area contributed by atoms with Crippen LogP contribution in [0.25, 0.3) is 0 Å². The molecule has 1 fully saturated rings. The molecule has 0 aromatic carbocycles. The fraction of sp³-hybridized carbons (Fsp3) is 0.800. The molecular formula is C5H9FNO5P. The van der Waals surface area contributed by atoms with Crippen LogP contribution in [0, 0.1) is 0 Å². The van der Waals surface area contributed by atoms with E-state index in [0.29, 0.717) is 0 Å². The molecule has 0 radical (unpaired) electrons. The molecule has 1 aliphatic rings. The lowest BCUT2D eigenvalue weighted by Gasteiger charge is -2.11. The summed E-state index contributed by atoms with van der Waals surface area (Å²) < 4.78 is 23.7. The van der Waals surface area contributed by atoms with Crippen LogP contribution in [0.1, 0.15) is 6.42 Å². The number of carboxylic acid groups (broad SMARTS) is 1. The molecule has 6 nitrogen and oxygen atoms in total. The number of hydrogen-bond donors (Lipinski definition) is 4. The Bertz CT molecular complexity index is 303. The molecular weight excluding hydrogens is 204 g/mol. The lowest BCUT2D eigenvalue weighted by atomic mass is 10.2. The van der Waals surface area contributed by atoms with Crippen molar-refractivity contribution in [3.05, 3.63) is 0 Å². The summed E-state index contributed by atoms with van der Waals surface area (Å²) >= 11 is 0. The first kappa shape index (κ1) is 10.6. The van der Waals surface area contributed by atoms with Crippen molar-refractivity contribution in [1.82, 2.24) is 0 Å². The van der Waals surface area contributed by atoms with Crippen LogP contribution in [0.4, 0.5) is 4.39 Å². The second-order valence-corrected chi connectivity index (χ2v) is 4.89. The molecule has 1 saturated carbocycles. The Morgan fingerprint density at radius 1 is 1.62 bits per heavy atom. The molecule has 8 heteroatoms. The van der Waals surface area contributed by atoms with E-state index in [2.05, 4.69) is 0 Å². The minimum atomic E-state index is -4.56. The van der Waals surface area contributed by atoms with Crippen LogP contribution in [-0.2, 0) is 9.36 Å². The maximum absolute atomic E-state index is 13.3. The summed E-state index contributed by atoms with van der Waals surface area (Å²) in [5, 5.41) is 8.43. The molecule has 0 spiro atoms. The fourth-order valence-corrected chi connectivity index (χ4v) is 2.24. The van der Waals surface area contributed by atoms with Crippen LogP contribution < -0.4 is 5.73 Å². The van der Waals surface area contributed by atoms with E-state index in [1.807, 2.05) is 0 Å². The van der Waals surface area contributed by atoms with Gasteiger partial charge in [-0.3, -0.25) is 9.36 Å². The van der Waals surface area contributed by atoms with Crippen molar-refractivity contribution in [2.75, 3.05) is 6.16 Å². The molecule has 0 heterocycles. The molecule has 13 heavy (non-hydrogen) atoms. The third-order valence-electron chi connectivity index (χ3n) is 2.07. The van der Waals surface area contributed by atoms with E-state index in [-0.39, 0.29) is 0 Å². The Balaban J connectivity index is 2.76. The van der Waals surface area contributed by atoms with E-state index in [1.54, 1.807) is 0 Å². The number of hydrogen-bond acceptors (Lipinski definition) is 3. The van der Waals surface area contributed by atoms with E-state index in [1.165, 1.54) is 0 Å². The maximum Gasteiger partial charge on any atom is 0.328 e. The number of halogens is 1. The summed E-state index contributed by atoms with van der Waals surface area (Å²) in [6, 6.07) is 0. The molecule has 0 unspecified atom stereocenters. The third-order valence-corrected chi connectivity index (χ3v) is 2.98. The number of alkyl halides is 1. The standard InChI is InChI=1S/C5H9FNO5P/c6-4(2-13(10,11)12)1-5(4,7)3(8)9/h1-2,7H2,(H,8,9)(H2,10,11,12)/t4-,5+/m0/s1. The Morgan fingerprint density at radius 2 is 2.08 bits per heavy atom. The van der Waals surface area contributed by atoms with Gasteiger partial charge in [-0.25, -0.2) is 4.39 Å². The maximum atomic E-state index is 13.3. The van der Waals surface area contributed by atoms with E-state index in [0.717, 1.165) is 0 Å². The molecule has 0 aromatic rings. The van der Waals surface area contributed by atoms with Crippen molar-refractivity contribution < 1.29 is 28.6 Å². The summed E-state index contributed by atoms with van der Waals surface area (Å²) in [5.41, 5.74) is 0.452. The number of nitrogens with two attached hydrogens (primary N) is 1. The Hall–Kier alpha value is -0.490. The number of aliphatic carboxylic acids is 1. The Labute approximate surface area is 72.7 Å². The summed E-state index contributed by atoms with van der Waals surface area (Å²) in [6.07, 6.45) is -1.69. The zero-order chi connectivity index (χ0) is 10.5. The van der Waals surface area contributed by atoms with E-state index in [9.17, 15) is 13.8 Å². The highest BCUT2D eigenvalue weighted by atomic mass is 31.2. The first-order chi connectivity index (χ1) is 5.61.